The van der Waals surface area contributed by atoms with E-state index in [9.17, 15) is 14.4 Å². The molecule has 1 amide bonds. The minimum Gasteiger partial charge on any atom is -0.453 e. The van der Waals surface area contributed by atoms with Crippen molar-refractivity contribution in [1.82, 2.24) is 0 Å². The predicted molar refractivity (Wildman–Crippen MR) is 90.1 cm³/mol. The number of carbonyl (C=O) groups excluding carboxylic acids is 2. The summed E-state index contributed by atoms with van der Waals surface area (Å²) in [5, 5.41) is 0.447. The maximum atomic E-state index is 12.3. The van der Waals surface area contributed by atoms with Gasteiger partial charge in [-0.1, -0.05) is 24.3 Å². The van der Waals surface area contributed by atoms with E-state index in [-0.39, 0.29) is 23.4 Å². The first kappa shape index (κ1) is 15.7. The van der Waals surface area contributed by atoms with Crippen molar-refractivity contribution in [1.29, 1.82) is 0 Å². The standard InChI is InChI=1S/C19H15NO4/c20-19(23)13-5-3-4-12(10-13)8-9-15(21)18-11-16(22)14-6-1-2-7-17(14)24-18/h1-7,10-11H,8-9H2,(H2,20,23). The SMILES string of the molecule is NC(=O)c1cccc(CCC(=O)c2cc(=O)c3ccccc3o2)c1. The average Bonchev–Trinajstić information content (AvgIpc) is 2.60. The maximum absolute atomic E-state index is 12.3. The van der Waals surface area contributed by atoms with Crippen molar-refractivity contribution in [3.63, 3.8) is 0 Å². The van der Waals surface area contributed by atoms with Gasteiger partial charge in [0.15, 0.2) is 17.0 Å². The fraction of sp³-hybridized carbons (Fsp3) is 0.105. The van der Waals surface area contributed by atoms with E-state index in [0.717, 1.165) is 5.56 Å². The first-order valence-electron chi connectivity index (χ1n) is 7.49. The molecule has 1 heterocycles. The molecule has 1 aromatic heterocycles. The molecule has 0 spiro atoms. The Balaban J connectivity index is 1.79. The summed E-state index contributed by atoms with van der Waals surface area (Å²) in [5.41, 5.74) is 6.62. The Kier molecular flexibility index (Phi) is 4.24. The zero-order valence-corrected chi connectivity index (χ0v) is 12.8. The summed E-state index contributed by atoms with van der Waals surface area (Å²) >= 11 is 0. The van der Waals surface area contributed by atoms with Crippen LogP contribution >= 0.6 is 0 Å². The zero-order valence-electron chi connectivity index (χ0n) is 12.8. The molecule has 120 valence electrons. The van der Waals surface area contributed by atoms with Gasteiger partial charge in [0, 0.05) is 18.1 Å². The van der Waals surface area contributed by atoms with Crippen molar-refractivity contribution in [2.45, 2.75) is 12.8 Å². The van der Waals surface area contributed by atoms with E-state index in [1.807, 2.05) is 6.07 Å². The third kappa shape index (κ3) is 3.25. The van der Waals surface area contributed by atoms with E-state index >= 15 is 0 Å². The van der Waals surface area contributed by atoms with Crippen molar-refractivity contribution in [3.8, 4) is 0 Å². The molecule has 2 N–H and O–H groups in total. The van der Waals surface area contributed by atoms with Gasteiger partial charge in [-0.05, 0) is 36.2 Å². The molecular weight excluding hydrogens is 306 g/mol. The lowest BCUT2D eigenvalue weighted by Crippen LogP contribution is -2.11. The number of nitrogens with two attached hydrogens (primary N) is 1. The van der Waals surface area contributed by atoms with E-state index in [0.29, 0.717) is 23.0 Å². The van der Waals surface area contributed by atoms with Crippen LogP contribution in [0.2, 0.25) is 0 Å². The summed E-state index contributed by atoms with van der Waals surface area (Å²) in [6.07, 6.45) is 0.597. The number of carbonyl (C=O) groups is 2. The third-order valence-electron chi connectivity index (χ3n) is 3.76. The summed E-state index contributed by atoms with van der Waals surface area (Å²) in [4.78, 5) is 35.5. The van der Waals surface area contributed by atoms with Crippen LogP contribution in [-0.2, 0) is 6.42 Å². The smallest absolute Gasteiger partial charge is 0.248 e. The Labute approximate surface area is 137 Å². The van der Waals surface area contributed by atoms with E-state index in [1.165, 1.54) is 6.07 Å². The summed E-state index contributed by atoms with van der Waals surface area (Å²) in [5.74, 6) is -0.726. The Morgan fingerprint density at radius 1 is 1.00 bits per heavy atom. The second-order valence-corrected chi connectivity index (χ2v) is 5.46. The van der Waals surface area contributed by atoms with Crippen LogP contribution in [0.5, 0.6) is 0 Å². The topological polar surface area (TPSA) is 90.4 Å². The predicted octanol–water partition coefficient (Wildman–Crippen LogP) is 2.71. The highest BCUT2D eigenvalue weighted by molar-refractivity contribution is 5.95. The molecule has 24 heavy (non-hydrogen) atoms. The molecule has 0 unspecified atom stereocenters. The number of amides is 1. The number of ketones is 1. The van der Waals surface area contributed by atoms with Crippen LogP contribution in [0.1, 0.15) is 32.9 Å². The molecule has 0 radical (unpaired) electrons. The minimum absolute atomic E-state index is 0.0461. The molecule has 0 atom stereocenters. The van der Waals surface area contributed by atoms with E-state index < -0.39 is 5.91 Å². The van der Waals surface area contributed by atoms with Gasteiger partial charge >= 0.3 is 0 Å². The summed E-state index contributed by atoms with van der Waals surface area (Å²) < 4.78 is 5.53. The van der Waals surface area contributed by atoms with Crippen molar-refractivity contribution >= 4 is 22.7 Å². The number of fused-ring (bicyclic) bond motifs is 1. The molecule has 3 aromatic rings. The Morgan fingerprint density at radius 3 is 2.58 bits per heavy atom. The summed E-state index contributed by atoms with van der Waals surface area (Å²) in [7, 11) is 0. The van der Waals surface area contributed by atoms with Gasteiger partial charge < -0.3 is 10.2 Å². The fourth-order valence-electron chi connectivity index (χ4n) is 2.50. The Bertz CT molecular complexity index is 988. The van der Waals surface area contributed by atoms with Crippen LogP contribution in [0, 0.1) is 0 Å². The number of aryl methyl sites for hydroxylation is 1. The number of benzene rings is 2. The van der Waals surface area contributed by atoms with Crippen LogP contribution < -0.4 is 11.2 Å². The normalized spacial score (nSPS) is 10.7. The van der Waals surface area contributed by atoms with Crippen LogP contribution in [0.3, 0.4) is 0 Å². The monoisotopic (exact) mass is 321 g/mol. The Morgan fingerprint density at radius 2 is 1.79 bits per heavy atom. The third-order valence-corrected chi connectivity index (χ3v) is 3.76. The molecule has 0 aliphatic heterocycles. The van der Waals surface area contributed by atoms with Crippen molar-refractivity contribution in [2.24, 2.45) is 5.73 Å². The lowest BCUT2D eigenvalue weighted by Gasteiger charge is -2.04. The Hall–Kier alpha value is -3.21. The second kappa shape index (κ2) is 6.50. The van der Waals surface area contributed by atoms with Crippen LogP contribution in [-0.4, -0.2) is 11.7 Å². The van der Waals surface area contributed by atoms with Gasteiger partial charge in [0.25, 0.3) is 0 Å². The van der Waals surface area contributed by atoms with Gasteiger partial charge in [-0.3, -0.25) is 14.4 Å². The number of Topliss-reactive ketones (excluding diaryl/α,β-unsaturated/α-hetero) is 1. The average molecular weight is 321 g/mol. The molecule has 0 saturated carbocycles. The number of rotatable bonds is 5. The largest absolute Gasteiger partial charge is 0.453 e. The van der Waals surface area contributed by atoms with Gasteiger partial charge in [0.1, 0.15) is 5.58 Å². The van der Waals surface area contributed by atoms with Gasteiger partial charge in [-0.25, -0.2) is 0 Å². The van der Waals surface area contributed by atoms with Gasteiger partial charge in [-0.2, -0.15) is 0 Å². The van der Waals surface area contributed by atoms with Gasteiger partial charge in [-0.15, -0.1) is 0 Å². The number of para-hydroxylation sites is 1. The minimum atomic E-state index is -0.510. The first-order valence-corrected chi connectivity index (χ1v) is 7.49. The molecule has 0 fully saturated rings. The second-order valence-electron chi connectivity index (χ2n) is 5.46. The zero-order chi connectivity index (χ0) is 17.1. The highest BCUT2D eigenvalue weighted by Crippen LogP contribution is 2.14. The number of hydrogen-bond acceptors (Lipinski definition) is 4. The van der Waals surface area contributed by atoms with Crippen molar-refractivity contribution in [3.05, 3.63) is 81.7 Å². The summed E-state index contributed by atoms with van der Waals surface area (Å²) in [6, 6.07) is 14.8. The highest BCUT2D eigenvalue weighted by atomic mass is 16.3. The van der Waals surface area contributed by atoms with E-state index in [2.05, 4.69) is 0 Å². The van der Waals surface area contributed by atoms with Crippen molar-refractivity contribution in [2.75, 3.05) is 0 Å². The van der Waals surface area contributed by atoms with E-state index in [4.69, 9.17) is 10.2 Å². The van der Waals surface area contributed by atoms with Crippen LogP contribution in [0.4, 0.5) is 0 Å². The van der Waals surface area contributed by atoms with Gasteiger partial charge in [0.2, 0.25) is 5.91 Å². The fourth-order valence-corrected chi connectivity index (χ4v) is 2.50. The van der Waals surface area contributed by atoms with E-state index in [1.54, 1.807) is 42.5 Å². The van der Waals surface area contributed by atoms with Gasteiger partial charge in [0.05, 0.1) is 5.39 Å². The molecule has 0 aliphatic carbocycles. The molecule has 0 aliphatic rings. The lowest BCUT2D eigenvalue weighted by molar-refractivity contribution is 0.0956. The quantitative estimate of drug-likeness (QED) is 0.732. The molecule has 3 rings (SSSR count). The number of hydrogen-bond donors (Lipinski definition) is 1. The maximum Gasteiger partial charge on any atom is 0.248 e. The highest BCUT2D eigenvalue weighted by Gasteiger charge is 2.12. The molecule has 2 aromatic carbocycles. The molecule has 5 nitrogen and oxygen atoms in total. The lowest BCUT2D eigenvalue weighted by atomic mass is 10.0. The van der Waals surface area contributed by atoms with Crippen LogP contribution in [0.25, 0.3) is 11.0 Å². The summed E-state index contributed by atoms with van der Waals surface area (Å²) in [6.45, 7) is 0. The number of primary amides is 1. The van der Waals surface area contributed by atoms with Crippen LogP contribution in [0.15, 0.2) is 63.8 Å². The van der Waals surface area contributed by atoms with Crippen molar-refractivity contribution < 1.29 is 14.0 Å². The molecule has 0 bridgehead atoms. The molecule has 0 saturated heterocycles. The first-order chi connectivity index (χ1) is 11.5. The molecular formula is C19H15NO4. The molecule has 5 heteroatoms.